The topological polar surface area (TPSA) is 125 Å². The number of aryl methyl sites for hydroxylation is 2. The van der Waals surface area contributed by atoms with E-state index in [2.05, 4.69) is 15.4 Å². The Balaban J connectivity index is 1.28. The molecule has 10 heteroatoms. The summed E-state index contributed by atoms with van der Waals surface area (Å²) in [6.45, 7) is 4.36. The molecule has 186 valence electrons. The Labute approximate surface area is 205 Å². The van der Waals surface area contributed by atoms with Crippen LogP contribution in [0.5, 0.6) is 0 Å². The molecule has 0 bridgehead atoms. The monoisotopic (exact) mass is 498 g/mol. The summed E-state index contributed by atoms with van der Waals surface area (Å²) in [5, 5.41) is 5.59. The van der Waals surface area contributed by atoms with Crippen LogP contribution in [0.3, 0.4) is 0 Å². The quantitative estimate of drug-likeness (QED) is 0.381. The molecule has 1 spiro atoms. The minimum atomic E-state index is -3.79. The van der Waals surface area contributed by atoms with E-state index in [0.29, 0.717) is 30.5 Å². The minimum Gasteiger partial charge on any atom is -0.352 e. The van der Waals surface area contributed by atoms with Crippen LogP contribution in [0, 0.1) is 13.8 Å². The molecule has 0 atom stereocenters. The Morgan fingerprint density at radius 1 is 1.03 bits per heavy atom. The number of imide groups is 1. The van der Waals surface area contributed by atoms with Crippen molar-refractivity contribution in [1.82, 2.24) is 15.5 Å². The van der Waals surface area contributed by atoms with Gasteiger partial charge >= 0.3 is 6.03 Å². The molecule has 0 unspecified atom stereocenters. The number of anilines is 1. The summed E-state index contributed by atoms with van der Waals surface area (Å²) in [6.07, 6.45) is 3.64. The smallest absolute Gasteiger partial charge is 0.325 e. The number of urea groups is 1. The van der Waals surface area contributed by atoms with E-state index >= 15 is 0 Å². The van der Waals surface area contributed by atoms with E-state index in [4.69, 9.17) is 0 Å². The zero-order valence-electron chi connectivity index (χ0n) is 19.9. The third-order valence-corrected chi connectivity index (χ3v) is 8.13. The van der Waals surface area contributed by atoms with E-state index in [1.165, 1.54) is 29.2 Å². The van der Waals surface area contributed by atoms with Gasteiger partial charge in [-0.25, -0.2) is 13.2 Å². The fourth-order valence-electron chi connectivity index (χ4n) is 4.54. The van der Waals surface area contributed by atoms with E-state index in [1.54, 1.807) is 12.1 Å². The first-order valence-electron chi connectivity index (χ1n) is 11.7. The van der Waals surface area contributed by atoms with Crippen molar-refractivity contribution in [2.75, 3.05) is 17.8 Å². The SMILES string of the molecule is Cc1ccc(NS(=O)(=O)c2ccc(C(=O)NCCCN3C(=O)NC4(CCCC4)C3=O)cc2)cc1C. The lowest BCUT2D eigenvalue weighted by Gasteiger charge is -2.20. The second-order valence-corrected chi connectivity index (χ2v) is 10.9. The Morgan fingerprint density at radius 3 is 2.37 bits per heavy atom. The standard InChI is InChI=1S/C25H30N4O5S/c1-17-6-9-20(16-18(17)2)28-35(33,34)21-10-7-19(8-11-21)22(30)26-14-5-15-29-23(31)25(27-24(29)32)12-3-4-13-25/h6-11,16,28H,3-5,12-15H2,1-2H3,(H,26,30)(H,27,32). The Morgan fingerprint density at radius 2 is 1.71 bits per heavy atom. The van der Waals surface area contributed by atoms with Gasteiger partial charge in [-0.2, -0.15) is 0 Å². The van der Waals surface area contributed by atoms with Gasteiger partial charge in [-0.05, 0) is 80.6 Å². The number of benzene rings is 2. The molecule has 2 aliphatic rings. The zero-order chi connectivity index (χ0) is 25.2. The van der Waals surface area contributed by atoms with Gasteiger partial charge in [-0.3, -0.25) is 19.2 Å². The molecule has 1 saturated heterocycles. The van der Waals surface area contributed by atoms with E-state index in [1.807, 2.05) is 19.9 Å². The lowest BCUT2D eigenvalue weighted by atomic mass is 9.98. The highest BCUT2D eigenvalue weighted by Gasteiger charge is 2.51. The summed E-state index contributed by atoms with van der Waals surface area (Å²) >= 11 is 0. The Bertz CT molecular complexity index is 1250. The summed E-state index contributed by atoms with van der Waals surface area (Å²) in [6, 6.07) is 10.6. The molecule has 2 aromatic rings. The maximum absolute atomic E-state index is 12.7. The molecule has 2 fully saturated rings. The zero-order valence-corrected chi connectivity index (χ0v) is 20.7. The van der Waals surface area contributed by atoms with Crippen molar-refractivity contribution >= 4 is 33.6 Å². The molecule has 3 N–H and O–H groups in total. The second-order valence-electron chi connectivity index (χ2n) is 9.21. The average molecular weight is 499 g/mol. The lowest BCUT2D eigenvalue weighted by molar-refractivity contribution is -0.131. The number of sulfonamides is 1. The van der Waals surface area contributed by atoms with E-state index in [0.717, 1.165) is 24.0 Å². The maximum atomic E-state index is 12.7. The summed E-state index contributed by atoms with van der Waals surface area (Å²) in [4.78, 5) is 38.6. The molecule has 2 aromatic carbocycles. The van der Waals surface area contributed by atoms with Gasteiger partial charge in [0, 0.05) is 24.3 Å². The number of rotatable bonds is 8. The molecule has 0 aromatic heterocycles. The Hall–Kier alpha value is -3.40. The van der Waals surface area contributed by atoms with E-state index in [-0.39, 0.29) is 35.8 Å². The normalized spacial score (nSPS) is 17.0. The van der Waals surface area contributed by atoms with Crippen LogP contribution in [0.4, 0.5) is 10.5 Å². The summed E-state index contributed by atoms with van der Waals surface area (Å²) in [5.41, 5.74) is 2.10. The van der Waals surface area contributed by atoms with Crippen molar-refractivity contribution in [2.24, 2.45) is 0 Å². The summed E-state index contributed by atoms with van der Waals surface area (Å²) < 4.78 is 27.9. The number of hydrogen-bond acceptors (Lipinski definition) is 5. The number of carbonyl (C=O) groups excluding carboxylic acids is 3. The highest BCUT2D eigenvalue weighted by Crippen LogP contribution is 2.35. The first-order chi connectivity index (χ1) is 16.6. The van der Waals surface area contributed by atoms with Gasteiger partial charge < -0.3 is 10.6 Å². The molecular weight excluding hydrogens is 468 g/mol. The van der Waals surface area contributed by atoms with E-state index in [9.17, 15) is 22.8 Å². The van der Waals surface area contributed by atoms with Gasteiger partial charge in [0.25, 0.3) is 21.8 Å². The van der Waals surface area contributed by atoms with Crippen LogP contribution in [0.1, 0.15) is 53.6 Å². The number of nitrogens with zero attached hydrogens (tertiary/aromatic N) is 1. The van der Waals surface area contributed by atoms with Gasteiger partial charge in [-0.15, -0.1) is 0 Å². The highest BCUT2D eigenvalue weighted by molar-refractivity contribution is 7.92. The van der Waals surface area contributed by atoms with Crippen LogP contribution in [-0.4, -0.2) is 49.8 Å². The molecule has 1 saturated carbocycles. The fraction of sp³-hybridized carbons (Fsp3) is 0.400. The second kappa shape index (κ2) is 9.69. The van der Waals surface area contributed by atoms with Crippen molar-refractivity contribution in [2.45, 2.75) is 56.4 Å². The van der Waals surface area contributed by atoms with Crippen molar-refractivity contribution < 1.29 is 22.8 Å². The maximum Gasteiger partial charge on any atom is 0.325 e. The first kappa shape index (κ1) is 24.7. The predicted molar refractivity (Wildman–Crippen MR) is 132 cm³/mol. The highest BCUT2D eigenvalue weighted by atomic mass is 32.2. The lowest BCUT2D eigenvalue weighted by Crippen LogP contribution is -2.44. The number of hydrogen-bond donors (Lipinski definition) is 3. The van der Waals surface area contributed by atoms with Crippen LogP contribution in [0.2, 0.25) is 0 Å². The van der Waals surface area contributed by atoms with Crippen LogP contribution >= 0.6 is 0 Å². The Kier molecular flexibility index (Phi) is 6.84. The molecule has 4 amide bonds. The third kappa shape index (κ3) is 5.17. The largest absolute Gasteiger partial charge is 0.352 e. The first-order valence-corrected chi connectivity index (χ1v) is 13.2. The predicted octanol–water partition coefficient (Wildman–Crippen LogP) is 3.09. The number of amides is 4. The molecule has 35 heavy (non-hydrogen) atoms. The van der Waals surface area contributed by atoms with Crippen molar-refractivity contribution in [3.8, 4) is 0 Å². The van der Waals surface area contributed by atoms with E-state index < -0.39 is 15.6 Å². The molecule has 4 rings (SSSR count). The van der Waals surface area contributed by atoms with Gasteiger partial charge in [0.1, 0.15) is 5.54 Å². The third-order valence-electron chi connectivity index (χ3n) is 6.73. The fourth-order valence-corrected chi connectivity index (χ4v) is 5.59. The van der Waals surface area contributed by atoms with Crippen LogP contribution in [0.25, 0.3) is 0 Å². The number of carbonyl (C=O) groups is 3. The average Bonchev–Trinajstić information content (AvgIpc) is 3.38. The van der Waals surface area contributed by atoms with Gasteiger partial charge in [-0.1, -0.05) is 18.9 Å². The number of nitrogens with one attached hydrogen (secondary N) is 3. The van der Waals surface area contributed by atoms with Crippen molar-refractivity contribution in [1.29, 1.82) is 0 Å². The summed E-state index contributed by atoms with van der Waals surface area (Å²) in [7, 11) is -3.79. The van der Waals surface area contributed by atoms with Crippen LogP contribution in [0.15, 0.2) is 47.4 Å². The van der Waals surface area contributed by atoms with Crippen LogP contribution in [-0.2, 0) is 14.8 Å². The van der Waals surface area contributed by atoms with Crippen LogP contribution < -0.4 is 15.4 Å². The molecular formula is C25H30N4O5S. The van der Waals surface area contributed by atoms with Crippen molar-refractivity contribution in [3.63, 3.8) is 0 Å². The van der Waals surface area contributed by atoms with Gasteiger partial charge in [0.05, 0.1) is 4.90 Å². The van der Waals surface area contributed by atoms with Gasteiger partial charge in [0.2, 0.25) is 0 Å². The van der Waals surface area contributed by atoms with Crippen molar-refractivity contribution in [3.05, 3.63) is 59.2 Å². The minimum absolute atomic E-state index is 0.0479. The molecule has 0 radical (unpaired) electrons. The van der Waals surface area contributed by atoms with Gasteiger partial charge in [0.15, 0.2) is 0 Å². The molecule has 1 heterocycles. The molecule has 1 aliphatic heterocycles. The summed E-state index contributed by atoms with van der Waals surface area (Å²) in [5.74, 6) is -0.530. The molecule has 9 nitrogen and oxygen atoms in total. The molecule has 1 aliphatic carbocycles.